The van der Waals surface area contributed by atoms with Gasteiger partial charge in [0.1, 0.15) is 18.0 Å². The number of rotatable bonds is 6. The molecule has 1 aliphatic carbocycles. The molecule has 9 nitrogen and oxygen atoms in total. The van der Waals surface area contributed by atoms with Crippen molar-refractivity contribution in [3.63, 3.8) is 0 Å². The number of carbonyl (C=O) groups is 1. The molecular formula is C32H40N6O3. The molecule has 9 heteroatoms. The molecule has 4 heterocycles. The third kappa shape index (κ3) is 4.72. The van der Waals surface area contributed by atoms with Crippen molar-refractivity contribution in [1.82, 2.24) is 19.8 Å². The van der Waals surface area contributed by atoms with Gasteiger partial charge >= 0.3 is 6.01 Å². The number of hydrogen-bond acceptors (Lipinski definition) is 8. The van der Waals surface area contributed by atoms with Gasteiger partial charge in [0.25, 0.3) is 0 Å². The Labute approximate surface area is 242 Å². The molecule has 41 heavy (non-hydrogen) atoms. The van der Waals surface area contributed by atoms with Crippen LogP contribution in [0.2, 0.25) is 0 Å². The van der Waals surface area contributed by atoms with Gasteiger partial charge in [0.05, 0.1) is 24.1 Å². The maximum atomic E-state index is 12.5. The maximum Gasteiger partial charge on any atom is 0.321 e. The smallest absolute Gasteiger partial charge is 0.321 e. The average molecular weight is 557 g/mol. The summed E-state index contributed by atoms with van der Waals surface area (Å²) in [5, 5.41) is 9.52. The van der Waals surface area contributed by atoms with Crippen LogP contribution in [0.1, 0.15) is 56.2 Å². The molecule has 1 amide bonds. The lowest BCUT2D eigenvalue weighted by atomic mass is 9.71. The molecule has 1 spiro atoms. The average Bonchev–Trinajstić information content (AvgIpc) is 3.47. The van der Waals surface area contributed by atoms with E-state index < -0.39 is 5.60 Å². The number of benzene rings is 1. The number of piperazine rings is 1. The van der Waals surface area contributed by atoms with E-state index in [1.807, 2.05) is 0 Å². The summed E-state index contributed by atoms with van der Waals surface area (Å²) >= 11 is 0. The molecule has 2 fully saturated rings. The zero-order chi connectivity index (χ0) is 28.8. The fraction of sp³-hybridized carbons (Fsp3) is 0.562. The number of nitriles is 1. The zero-order valence-corrected chi connectivity index (χ0v) is 24.4. The number of likely N-dealkylation sites (tertiary alicyclic amines) is 1. The van der Waals surface area contributed by atoms with Gasteiger partial charge < -0.3 is 24.2 Å². The SMILES string of the molecule is C=CC(=O)N1CCN(c2nc(OC[C@@H]3CCCN3C)nc3c2CC[C@@]2(O3)c3ccccc3CC2(C)C)C[C@@H]1CC#N. The number of carbonyl (C=O) groups excluding carboxylic acids is 1. The third-order valence-corrected chi connectivity index (χ3v) is 9.75. The fourth-order valence-corrected chi connectivity index (χ4v) is 7.39. The topological polar surface area (TPSA) is 94.8 Å². The molecule has 0 unspecified atom stereocenters. The van der Waals surface area contributed by atoms with Gasteiger partial charge in [-0.05, 0) is 62.9 Å². The van der Waals surface area contributed by atoms with E-state index >= 15 is 0 Å². The Balaban J connectivity index is 1.37. The van der Waals surface area contributed by atoms with Crippen molar-refractivity contribution in [2.45, 2.75) is 70.1 Å². The summed E-state index contributed by atoms with van der Waals surface area (Å²) in [4.78, 5) is 28.6. The summed E-state index contributed by atoms with van der Waals surface area (Å²) in [6.07, 6.45) is 6.36. The highest BCUT2D eigenvalue weighted by atomic mass is 16.5. The van der Waals surface area contributed by atoms with Crippen LogP contribution in [-0.4, -0.2) is 77.6 Å². The molecule has 0 radical (unpaired) electrons. The van der Waals surface area contributed by atoms with Crippen LogP contribution < -0.4 is 14.4 Å². The van der Waals surface area contributed by atoms with E-state index in [0.717, 1.165) is 50.0 Å². The second-order valence-corrected chi connectivity index (χ2v) is 12.5. The number of anilines is 1. The van der Waals surface area contributed by atoms with Gasteiger partial charge in [-0.3, -0.25) is 4.79 Å². The second kappa shape index (κ2) is 10.6. The molecule has 6 rings (SSSR count). The lowest BCUT2D eigenvalue weighted by Crippen LogP contribution is -2.55. The van der Waals surface area contributed by atoms with E-state index in [1.54, 1.807) is 4.90 Å². The first kappa shape index (κ1) is 27.5. The molecule has 1 aromatic heterocycles. The van der Waals surface area contributed by atoms with Crippen LogP contribution in [0, 0.1) is 16.7 Å². The molecule has 2 aromatic rings. The molecule has 4 aliphatic rings. The first-order valence-corrected chi connectivity index (χ1v) is 14.8. The van der Waals surface area contributed by atoms with E-state index in [2.05, 4.69) is 67.6 Å². The van der Waals surface area contributed by atoms with E-state index in [4.69, 9.17) is 19.4 Å². The Morgan fingerprint density at radius 2 is 2.07 bits per heavy atom. The Hall–Kier alpha value is -3.64. The number of likely N-dealkylation sites (N-methyl/N-ethyl adjacent to an activating group) is 1. The number of ether oxygens (including phenoxy) is 2. The Bertz CT molecular complexity index is 1390. The summed E-state index contributed by atoms with van der Waals surface area (Å²) in [6, 6.07) is 11.3. The van der Waals surface area contributed by atoms with Crippen molar-refractivity contribution < 1.29 is 14.3 Å². The Kier molecular flexibility index (Phi) is 7.14. The fourth-order valence-electron chi connectivity index (χ4n) is 7.39. The van der Waals surface area contributed by atoms with Crippen molar-refractivity contribution in [1.29, 1.82) is 5.26 Å². The Morgan fingerprint density at radius 1 is 1.24 bits per heavy atom. The van der Waals surface area contributed by atoms with Gasteiger partial charge in [-0.1, -0.05) is 44.7 Å². The van der Waals surface area contributed by atoms with E-state index in [-0.39, 0.29) is 23.8 Å². The molecule has 3 aliphatic heterocycles. The Morgan fingerprint density at radius 3 is 2.83 bits per heavy atom. The van der Waals surface area contributed by atoms with Gasteiger partial charge in [-0.15, -0.1) is 0 Å². The van der Waals surface area contributed by atoms with Crippen LogP contribution in [0.4, 0.5) is 5.82 Å². The number of nitrogens with zero attached hydrogens (tertiary/aromatic N) is 6. The molecule has 0 bridgehead atoms. The number of hydrogen-bond donors (Lipinski definition) is 0. The second-order valence-electron chi connectivity index (χ2n) is 12.5. The van der Waals surface area contributed by atoms with Gasteiger partial charge in [0, 0.05) is 31.1 Å². The number of amides is 1. The first-order valence-electron chi connectivity index (χ1n) is 14.8. The highest BCUT2D eigenvalue weighted by molar-refractivity contribution is 5.87. The minimum absolute atomic E-state index is 0.109. The third-order valence-electron chi connectivity index (χ3n) is 9.75. The van der Waals surface area contributed by atoms with E-state index in [0.29, 0.717) is 44.2 Å². The first-order chi connectivity index (χ1) is 19.8. The van der Waals surface area contributed by atoms with Gasteiger partial charge in [-0.25, -0.2) is 0 Å². The number of fused-ring (bicyclic) bond motifs is 3. The predicted molar refractivity (Wildman–Crippen MR) is 156 cm³/mol. The minimum atomic E-state index is -0.483. The highest BCUT2D eigenvalue weighted by Crippen LogP contribution is 2.57. The standard InChI is InChI=1S/C32H40N6O3/c1-5-27(39)38-18-17-37(20-23(38)13-15-33)28-25-12-14-32(26-11-7-6-9-22(26)19-31(32,2)3)41-29(25)35-30(34-28)40-21-24-10-8-16-36(24)4/h5-7,9,11,23-24H,1,8,10,12-14,16-21H2,2-4H3/t23-,24-,32+/m0/s1. The van der Waals surface area contributed by atoms with Crippen molar-refractivity contribution >= 4 is 11.7 Å². The largest absolute Gasteiger partial charge is 0.465 e. The van der Waals surface area contributed by atoms with Crippen LogP contribution in [-0.2, 0) is 23.2 Å². The van der Waals surface area contributed by atoms with E-state index in [9.17, 15) is 10.1 Å². The van der Waals surface area contributed by atoms with Crippen LogP contribution >= 0.6 is 0 Å². The summed E-state index contributed by atoms with van der Waals surface area (Å²) in [5.74, 6) is 1.23. The lowest BCUT2D eigenvalue weighted by molar-refractivity contribution is -0.128. The molecular weight excluding hydrogens is 516 g/mol. The van der Waals surface area contributed by atoms with E-state index in [1.165, 1.54) is 17.2 Å². The van der Waals surface area contributed by atoms with Crippen molar-refractivity contribution in [2.24, 2.45) is 5.41 Å². The molecule has 3 atom stereocenters. The van der Waals surface area contributed by atoms with Crippen molar-refractivity contribution in [3.8, 4) is 18.0 Å². The minimum Gasteiger partial charge on any atom is -0.465 e. The van der Waals surface area contributed by atoms with Gasteiger partial charge in [0.15, 0.2) is 0 Å². The van der Waals surface area contributed by atoms with Crippen LogP contribution in [0.25, 0.3) is 0 Å². The molecule has 0 saturated carbocycles. The zero-order valence-electron chi connectivity index (χ0n) is 24.4. The number of aromatic nitrogens is 2. The molecule has 216 valence electrons. The van der Waals surface area contributed by atoms with Crippen LogP contribution in [0.3, 0.4) is 0 Å². The summed E-state index contributed by atoms with van der Waals surface area (Å²) in [6.45, 7) is 11.4. The van der Waals surface area contributed by atoms with Crippen molar-refractivity contribution in [2.75, 3.05) is 44.7 Å². The summed E-state index contributed by atoms with van der Waals surface area (Å²) in [7, 11) is 2.13. The van der Waals surface area contributed by atoms with Crippen LogP contribution in [0.15, 0.2) is 36.9 Å². The van der Waals surface area contributed by atoms with Gasteiger partial charge in [-0.2, -0.15) is 15.2 Å². The monoisotopic (exact) mass is 556 g/mol. The lowest BCUT2D eigenvalue weighted by Gasteiger charge is -2.46. The van der Waals surface area contributed by atoms with Crippen LogP contribution in [0.5, 0.6) is 11.9 Å². The van der Waals surface area contributed by atoms with Crippen molar-refractivity contribution in [3.05, 3.63) is 53.6 Å². The normalized spacial score (nSPS) is 26.7. The molecule has 0 N–H and O–H groups in total. The van der Waals surface area contributed by atoms with Gasteiger partial charge in [0.2, 0.25) is 11.8 Å². The molecule has 2 saturated heterocycles. The molecule has 1 aromatic carbocycles. The maximum absolute atomic E-state index is 12.5. The highest BCUT2D eigenvalue weighted by Gasteiger charge is 2.56. The summed E-state index contributed by atoms with van der Waals surface area (Å²) < 4.78 is 13.3. The quantitative estimate of drug-likeness (QED) is 0.495. The summed E-state index contributed by atoms with van der Waals surface area (Å²) in [5.41, 5.74) is 2.96. The predicted octanol–water partition coefficient (Wildman–Crippen LogP) is 3.87.